The van der Waals surface area contributed by atoms with Gasteiger partial charge in [-0.05, 0) is 44.5 Å². The summed E-state index contributed by atoms with van der Waals surface area (Å²) in [4.78, 5) is 15.9. The number of aromatic nitrogens is 1. The zero-order valence-electron chi connectivity index (χ0n) is 14.3. The van der Waals surface area contributed by atoms with Crippen LogP contribution in [0.5, 0.6) is 5.75 Å². The van der Waals surface area contributed by atoms with Gasteiger partial charge in [0.15, 0.2) is 0 Å². The van der Waals surface area contributed by atoms with Crippen LogP contribution in [0.2, 0.25) is 0 Å². The second-order valence-corrected chi connectivity index (χ2v) is 6.65. The van der Waals surface area contributed by atoms with E-state index in [-0.39, 0.29) is 5.97 Å². The summed E-state index contributed by atoms with van der Waals surface area (Å²) < 4.78 is 10.8. The van der Waals surface area contributed by atoms with Gasteiger partial charge in [0.2, 0.25) is 0 Å². The van der Waals surface area contributed by atoms with E-state index in [9.17, 15) is 4.79 Å². The fourth-order valence-corrected chi connectivity index (χ4v) is 2.68. The second-order valence-electron chi connectivity index (χ2n) is 6.65. The van der Waals surface area contributed by atoms with Gasteiger partial charge in [-0.1, -0.05) is 30.3 Å². The van der Waals surface area contributed by atoms with Crippen molar-refractivity contribution in [1.82, 2.24) is 4.98 Å². The molecule has 4 nitrogen and oxygen atoms in total. The number of nitrogens with one attached hydrogen (secondary N) is 1. The molecule has 0 fully saturated rings. The number of ether oxygens (including phenoxy) is 2. The first-order valence-corrected chi connectivity index (χ1v) is 7.87. The van der Waals surface area contributed by atoms with Crippen LogP contribution in [0.1, 0.15) is 31.3 Å². The maximum Gasteiger partial charge on any atom is 0.355 e. The van der Waals surface area contributed by atoms with Crippen molar-refractivity contribution in [2.45, 2.75) is 26.4 Å². The number of para-hydroxylation sites is 1. The molecule has 1 N–H and O–H groups in total. The lowest BCUT2D eigenvalue weighted by Gasteiger charge is -2.19. The molecule has 4 heteroatoms. The van der Waals surface area contributed by atoms with Crippen molar-refractivity contribution in [2.75, 3.05) is 7.11 Å². The summed E-state index contributed by atoms with van der Waals surface area (Å²) in [5, 5.41) is 0.989. The number of esters is 1. The summed E-state index contributed by atoms with van der Waals surface area (Å²) in [7, 11) is 1.63. The molecule has 0 saturated heterocycles. The third-order valence-electron chi connectivity index (χ3n) is 3.69. The Kier molecular flexibility index (Phi) is 4.06. The minimum atomic E-state index is -0.550. The van der Waals surface area contributed by atoms with Crippen molar-refractivity contribution >= 4 is 16.9 Å². The van der Waals surface area contributed by atoms with E-state index in [0.29, 0.717) is 5.69 Å². The molecule has 0 unspecified atom stereocenters. The molecule has 1 aromatic heterocycles. The first-order valence-electron chi connectivity index (χ1n) is 7.87. The average molecular weight is 323 g/mol. The fraction of sp³-hybridized carbons (Fsp3) is 0.250. The maximum absolute atomic E-state index is 12.7. The highest BCUT2D eigenvalue weighted by Crippen LogP contribution is 2.34. The SMILES string of the molecule is COc1ccc(-c2c(C(=O)OC(C)(C)C)[nH]c3ccccc23)cc1. The van der Waals surface area contributed by atoms with Crippen molar-refractivity contribution in [3.8, 4) is 16.9 Å². The third-order valence-corrected chi connectivity index (χ3v) is 3.69. The standard InChI is InChI=1S/C20H21NO3/c1-20(2,3)24-19(22)18-17(13-9-11-14(23-4)12-10-13)15-7-5-6-8-16(15)21-18/h5-12,21H,1-4H3. The Morgan fingerprint density at radius 2 is 1.67 bits per heavy atom. The van der Waals surface area contributed by atoms with E-state index in [2.05, 4.69) is 4.98 Å². The minimum Gasteiger partial charge on any atom is -0.497 e. The Balaban J connectivity index is 2.16. The number of rotatable bonds is 3. The third kappa shape index (κ3) is 3.13. The monoisotopic (exact) mass is 323 g/mol. The van der Waals surface area contributed by atoms with Crippen molar-refractivity contribution in [3.05, 3.63) is 54.2 Å². The molecule has 1 heterocycles. The summed E-state index contributed by atoms with van der Waals surface area (Å²) in [6.07, 6.45) is 0. The van der Waals surface area contributed by atoms with Gasteiger partial charge in [0, 0.05) is 16.5 Å². The Morgan fingerprint density at radius 3 is 2.29 bits per heavy atom. The summed E-state index contributed by atoms with van der Waals surface area (Å²) in [6.45, 7) is 5.59. The molecule has 0 bridgehead atoms. The molecule has 0 saturated carbocycles. The maximum atomic E-state index is 12.7. The lowest BCUT2D eigenvalue weighted by atomic mass is 10.0. The van der Waals surface area contributed by atoms with Crippen molar-refractivity contribution in [3.63, 3.8) is 0 Å². The molecule has 24 heavy (non-hydrogen) atoms. The molecule has 124 valence electrons. The molecular formula is C20H21NO3. The number of benzene rings is 2. The van der Waals surface area contributed by atoms with E-state index in [1.807, 2.05) is 69.3 Å². The van der Waals surface area contributed by atoms with Crippen molar-refractivity contribution < 1.29 is 14.3 Å². The van der Waals surface area contributed by atoms with Gasteiger partial charge in [-0.25, -0.2) is 4.79 Å². The molecule has 3 rings (SSSR count). The van der Waals surface area contributed by atoms with Gasteiger partial charge >= 0.3 is 5.97 Å². The predicted molar refractivity (Wildman–Crippen MR) is 95.5 cm³/mol. The van der Waals surface area contributed by atoms with Gasteiger partial charge in [0.05, 0.1) is 7.11 Å². The highest BCUT2D eigenvalue weighted by Gasteiger charge is 2.24. The van der Waals surface area contributed by atoms with Crippen LogP contribution in [-0.2, 0) is 4.74 Å². The van der Waals surface area contributed by atoms with Gasteiger partial charge in [0.1, 0.15) is 17.0 Å². The second kappa shape index (κ2) is 6.04. The zero-order chi connectivity index (χ0) is 17.3. The van der Waals surface area contributed by atoms with E-state index < -0.39 is 5.60 Å². The molecule has 0 spiro atoms. The van der Waals surface area contributed by atoms with Gasteiger partial charge < -0.3 is 14.5 Å². The predicted octanol–water partition coefficient (Wildman–Crippen LogP) is 4.80. The van der Waals surface area contributed by atoms with Gasteiger partial charge in [0.25, 0.3) is 0 Å². The van der Waals surface area contributed by atoms with Crippen LogP contribution in [0.25, 0.3) is 22.0 Å². The summed E-state index contributed by atoms with van der Waals surface area (Å²) in [5.41, 5.74) is 2.61. The fourth-order valence-electron chi connectivity index (χ4n) is 2.68. The Bertz CT molecular complexity index is 870. The molecule has 0 aliphatic carbocycles. The Hall–Kier alpha value is -2.75. The van der Waals surface area contributed by atoms with E-state index in [1.54, 1.807) is 7.11 Å². The zero-order valence-corrected chi connectivity index (χ0v) is 14.3. The van der Waals surface area contributed by atoms with Crippen LogP contribution in [0.3, 0.4) is 0 Å². The van der Waals surface area contributed by atoms with Crippen molar-refractivity contribution in [2.24, 2.45) is 0 Å². The number of hydrogen-bond acceptors (Lipinski definition) is 3. The molecule has 0 aliphatic rings. The summed E-state index contributed by atoms with van der Waals surface area (Å²) in [5.74, 6) is 0.418. The normalized spacial score (nSPS) is 11.5. The van der Waals surface area contributed by atoms with Crippen LogP contribution < -0.4 is 4.74 Å². The largest absolute Gasteiger partial charge is 0.497 e. The van der Waals surface area contributed by atoms with Crippen molar-refractivity contribution in [1.29, 1.82) is 0 Å². The quantitative estimate of drug-likeness (QED) is 0.704. The summed E-state index contributed by atoms with van der Waals surface area (Å²) in [6, 6.07) is 15.5. The number of hydrogen-bond donors (Lipinski definition) is 1. The molecular weight excluding hydrogens is 302 g/mol. The lowest BCUT2D eigenvalue weighted by Crippen LogP contribution is -2.24. The number of carbonyl (C=O) groups is 1. The van der Waals surface area contributed by atoms with Crippen LogP contribution in [-0.4, -0.2) is 23.7 Å². The molecule has 3 aromatic rings. The van der Waals surface area contributed by atoms with E-state index in [1.165, 1.54) is 0 Å². The van der Waals surface area contributed by atoms with Gasteiger partial charge in [-0.3, -0.25) is 0 Å². The first kappa shape index (κ1) is 16.1. The summed E-state index contributed by atoms with van der Waals surface area (Å²) >= 11 is 0. The number of H-pyrrole nitrogens is 1. The molecule has 2 aromatic carbocycles. The highest BCUT2D eigenvalue weighted by molar-refractivity contribution is 6.08. The van der Waals surface area contributed by atoms with Crippen LogP contribution in [0, 0.1) is 0 Å². The Labute approximate surface area is 141 Å². The number of aromatic amines is 1. The number of carbonyl (C=O) groups excluding carboxylic acids is 1. The van der Waals surface area contributed by atoms with Crippen LogP contribution in [0.15, 0.2) is 48.5 Å². The van der Waals surface area contributed by atoms with Crippen LogP contribution >= 0.6 is 0 Å². The molecule has 0 aliphatic heterocycles. The number of fused-ring (bicyclic) bond motifs is 1. The molecule has 0 radical (unpaired) electrons. The lowest BCUT2D eigenvalue weighted by molar-refractivity contribution is 0.00648. The minimum absolute atomic E-state index is 0.357. The van der Waals surface area contributed by atoms with E-state index in [4.69, 9.17) is 9.47 Å². The smallest absolute Gasteiger partial charge is 0.355 e. The topological polar surface area (TPSA) is 51.3 Å². The van der Waals surface area contributed by atoms with Crippen LogP contribution in [0.4, 0.5) is 0 Å². The molecule has 0 atom stereocenters. The van der Waals surface area contributed by atoms with E-state index >= 15 is 0 Å². The Morgan fingerprint density at radius 1 is 1.00 bits per heavy atom. The van der Waals surface area contributed by atoms with Gasteiger partial charge in [-0.2, -0.15) is 0 Å². The molecule has 0 amide bonds. The van der Waals surface area contributed by atoms with E-state index in [0.717, 1.165) is 27.8 Å². The highest BCUT2D eigenvalue weighted by atomic mass is 16.6. The van der Waals surface area contributed by atoms with Gasteiger partial charge in [-0.15, -0.1) is 0 Å². The number of methoxy groups -OCH3 is 1. The first-order chi connectivity index (χ1) is 11.4. The average Bonchev–Trinajstić information content (AvgIpc) is 2.93.